The molecule has 0 heterocycles. The number of rotatable bonds is 12. The summed E-state index contributed by atoms with van der Waals surface area (Å²) < 4.78 is 5.96. The molecule has 0 aliphatic rings. The third kappa shape index (κ3) is 8.77. The molecule has 0 spiro atoms. The molecule has 0 aromatic rings. The number of allylic oxidation sites excluding steroid dienone is 1. The molecular weight excluding hydrogens is 405 g/mol. The summed E-state index contributed by atoms with van der Waals surface area (Å²) in [5.41, 5.74) is 0.158. The minimum atomic E-state index is -2.48. The molecule has 0 fully saturated rings. The van der Waals surface area contributed by atoms with Gasteiger partial charge >= 0.3 is 155 Å². The summed E-state index contributed by atoms with van der Waals surface area (Å²) in [6, 6.07) is 0. The van der Waals surface area contributed by atoms with Gasteiger partial charge in [0, 0.05) is 0 Å². The number of amides is 1. The molecule has 2 N–H and O–H groups in total. The summed E-state index contributed by atoms with van der Waals surface area (Å²) >= 11 is -2.48. The summed E-state index contributed by atoms with van der Waals surface area (Å²) in [6.07, 6.45) is 9.16. The monoisotopic (exact) mass is 447 g/mol. The number of carboxylic acid groups (broad SMARTS) is 1. The Morgan fingerprint density at radius 2 is 1.38 bits per heavy atom. The molecule has 3 nitrogen and oxygen atoms in total. The van der Waals surface area contributed by atoms with Gasteiger partial charge < -0.3 is 0 Å². The first-order valence-electron chi connectivity index (χ1n) is 9.91. The molecule has 0 radical (unpaired) electrons. The van der Waals surface area contributed by atoms with Crippen LogP contribution >= 0.6 is 0 Å². The second-order valence-electron chi connectivity index (χ2n) is 8.14. The Hall–Kier alpha value is -0.191. The molecule has 0 aromatic heterocycles. The van der Waals surface area contributed by atoms with E-state index >= 15 is 0 Å². The molecule has 0 unspecified atom stereocenters. The molecule has 24 heavy (non-hydrogen) atoms. The molecule has 0 saturated carbocycles. The van der Waals surface area contributed by atoms with Crippen molar-refractivity contribution in [3.05, 3.63) is 9.67 Å². The third-order valence-electron chi connectivity index (χ3n) is 4.97. The fraction of sp³-hybridized carbons (Fsp3) is 0.850. The first-order valence-corrected chi connectivity index (χ1v) is 17.4. The van der Waals surface area contributed by atoms with Gasteiger partial charge in [-0.1, -0.05) is 0 Å². The van der Waals surface area contributed by atoms with Crippen LogP contribution in [0, 0.1) is 5.41 Å². The first-order chi connectivity index (χ1) is 11.2. The van der Waals surface area contributed by atoms with Gasteiger partial charge in [0.25, 0.3) is 0 Å². The molecule has 0 aliphatic carbocycles. The van der Waals surface area contributed by atoms with E-state index in [2.05, 4.69) is 52.9 Å². The van der Waals surface area contributed by atoms with E-state index in [1.807, 2.05) is 0 Å². The van der Waals surface area contributed by atoms with Gasteiger partial charge in [0.1, 0.15) is 0 Å². The molecule has 0 atom stereocenters. The number of unbranched alkanes of at least 4 members (excludes halogenated alkanes) is 3. The quantitative estimate of drug-likeness (QED) is 0.331. The normalized spacial score (nSPS) is 13.2. The maximum absolute atomic E-state index is 10.9. The maximum atomic E-state index is 10.9. The Morgan fingerprint density at radius 1 is 0.958 bits per heavy atom. The van der Waals surface area contributed by atoms with E-state index < -0.39 is 24.5 Å². The molecule has 0 rings (SSSR count). The minimum absolute atomic E-state index is 0.158. The van der Waals surface area contributed by atoms with E-state index in [-0.39, 0.29) is 5.41 Å². The Labute approximate surface area is 154 Å². The van der Waals surface area contributed by atoms with E-state index in [9.17, 15) is 4.79 Å². The first kappa shape index (κ1) is 23.8. The zero-order valence-electron chi connectivity index (χ0n) is 17.0. The fourth-order valence-corrected chi connectivity index (χ4v) is 23.2. The molecule has 1 amide bonds. The summed E-state index contributed by atoms with van der Waals surface area (Å²) in [6.45, 7) is 14.3. The number of hydrogen-bond donors (Lipinski definition) is 2. The third-order valence-corrected chi connectivity index (χ3v) is 22.2. The van der Waals surface area contributed by atoms with Crippen LogP contribution in [-0.4, -0.2) is 36.1 Å². The number of nitrogens with one attached hydrogen (secondary N) is 1. The molecule has 0 aromatic carbocycles. The van der Waals surface area contributed by atoms with Crippen molar-refractivity contribution in [1.82, 2.24) is 5.32 Å². The average molecular weight is 446 g/mol. The van der Waals surface area contributed by atoms with Crippen LogP contribution in [0.4, 0.5) is 4.79 Å². The Kier molecular flexibility index (Phi) is 12.1. The predicted molar refractivity (Wildman–Crippen MR) is 108 cm³/mol. The summed E-state index contributed by atoms with van der Waals surface area (Å²) in [5, 5.41) is 11.5. The van der Waals surface area contributed by atoms with Crippen molar-refractivity contribution in [3.63, 3.8) is 0 Å². The molecule has 0 aliphatic heterocycles. The van der Waals surface area contributed by atoms with Crippen LogP contribution in [-0.2, 0) is 0 Å². The molecule has 0 saturated heterocycles. The van der Waals surface area contributed by atoms with Crippen LogP contribution in [0.2, 0.25) is 13.3 Å². The Morgan fingerprint density at radius 3 is 1.67 bits per heavy atom. The van der Waals surface area contributed by atoms with Gasteiger partial charge in [-0.3, -0.25) is 0 Å². The van der Waals surface area contributed by atoms with Crippen molar-refractivity contribution < 1.29 is 9.90 Å². The van der Waals surface area contributed by atoms with E-state index in [4.69, 9.17) is 5.11 Å². The summed E-state index contributed by atoms with van der Waals surface area (Å²) in [7, 11) is 0. The van der Waals surface area contributed by atoms with Gasteiger partial charge in [0.2, 0.25) is 0 Å². The Balaban J connectivity index is 5.74. The van der Waals surface area contributed by atoms with Crippen molar-refractivity contribution in [3.8, 4) is 0 Å². The second-order valence-corrected chi connectivity index (χ2v) is 21.3. The molecular formula is C20H41NO2Sn. The van der Waals surface area contributed by atoms with Crippen molar-refractivity contribution in [2.75, 3.05) is 6.54 Å². The average Bonchev–Trinajstić information content (AvgIpc) is 2.50. The van der Waals surface area contributed by atoms with E-state index in [1.54, 1.807) is 3.59 Å². The summed E-state index contributed by atoms with van der Waals surface area (Å²) in [4.78, 5) is 10.9. The van der Waals surface area contributed by atoms with Gasteiger partial charge in [-0.2, -0.15) is 0 Å². The summed E-state index contributed by atoms with van der Waals surface area (Å²) in [5.74, 6) is 0. The van der Waals surface area contributed by atoms with Gasteiger partial charge in [-0.05, 0) is 0 Å². The Bertz CT molecular complexity index is 364. The van der Waals surface area contributed by atoms with E-state index in [0.29, 0.717) is 6.54 Å². The molecule has 0 bridgehead atoms. The van der Waals surface area contributed by atoms with Gasteiger partial charge in [-0.15, -0.1) is 0 Å². The van der Waals surface area contributed by atoms with Crippen molar-refractivity contribution in [2.24, 2.45) is 5.41 Å². The van der Waals surface area contributed by atoms with Gasteiger partial charge in [-0.25, -0.2) is 0 Å². The zero-order valence-corrected chi connectivity index (χ0v) is 19.9. The van der Waals surface area contributed by atoms with Crippen molar-refractivity contribution >= 4 is 24.5 Å². The van der Waals surface area contributed by atoms with Crippen LogP contribution in [0.3, 0.4) is 0 Å². The van der Waals surface area contributed by atoms with Crippen molar-refractivity contribution in [2.45, 2.75) is 93.4 Å². The van der Waals surface area contributed by atoms with Crippen LogP contribution in [0.15, 0.2) is 9.67 Å². The van der Waals surface area contributed by atoms with Crippen LogP contribution < -0.4 is 5.32 Å². The van der Waals surface area contributed by atoms with Crippen LogP contribution in [0.1, 0.15) is 80.1 Å². The van der Waals surface area contributed by atoms with Crippen molar-refractivity contribution in [1.29, 1.82) is 0 Å². The second kappa shape index (κ2) is 12.2. The predicted octanol–water partition coefficient (Wildman–Crippen LogP) is 6.61. The number of carbonyl (C=O) groups is 1. The molecule has 142 valence electrons. The van der Waals surface area contributed by atoms with E-state index in [0.717, 1.165) is 0 Å². The number of hydrogen-bond acceptors (Lipinski definition) is 1. The SMILES string of the molecule is CCC[CH2][Sn]([CH2]CCC)([CH2]CCC)/[C](=C/CNC(=O)O)C(C)(C)C. The van der Waals surface area contributed by atoms with Gasteiger partial charge in [0.05, 0.1) is 0 Å². The molecule has 4 heteroatoms. The van der Waals surface area contributed by atoms with E-state index in [1.165, 1.54) is 51.8 Å². The van der Waals surface area contributed by atoms with Crippen LogP contribution in [0.25, 0.3) is 0 Å². The topological polar surface area (TPSA) is 49.3 Å². The van der Waals surface area contributed by atoms with Gasteiger partial charge in [0.15, 0.2) is 0 Å². The fourth-order valence-electron chi connectivity index (χ4n) is 3.88. The zero-order chi connectivity index (χ0) is 18.6. The standard InChI is InChI=1S/C8H14NO2.3C4H9.Sn/c1-8(2,3)5-4-6-9-7(10)11;3*1-3-4-2;/h4,9H,6H2,1-3H3,(H,10,11);3*1,3-4H2,2H3;. The van der Waals surface area contributed by atoms with Crippen LogP contribution in [0.5, 0.6) is 0 Å².